The molecule has 0 amide bonds. The smallest absolute Gasteiger partial charge is 0.195 e. The van der Waals surface area contributed by atoms with Gasteiger partial charge in [-0.1, -0.05) is 19.9 Å². The van der Waals surface area contributed by atoms with Gasteiger partial charge >= 0.3 is 0 Å². The Morgan fingerprint density at radius 1 is 1.22 bits per heavy atom. The summed E-state index contributed by atoms with van der Waals surface area (Å²) in [6.45, 7) is 5.12. The predicted octanol–water partition coefficient (Wildman–Crippen LogP) is 1.84. The summed E-state index contributed by atoms with van der Waals surface area (Å²) in [6, 6.07) is 4.08. The number of nitrogens with zero attached hydrogens (tertiary/aromatic N) is 4. The average molecular weight is 248 g/mol. The summed E-state index contributed by atoms with van der Waals surface area (Å²) in [4.78, 5) is 12.9. The quantitative estimate of drug-likeness (QED) is 0.604. The summed E-state index contributed by atoms with van der Waals surface area (Å²) in [5, 5.41) is 0. The van der Waals surface area contributed by atoms with Crippen molar-refractivity contribution >= 4 is 5.96 Å². The average Bonchev–Trinajstić information content (AvgIpc) is 2.29. The molecular formula is C14H24N4. The number of hydrogen-bond acceptors (Lipinski definition) is 2. The number of aliphatic imine (C=N–C) groups is 1. The number of hydrogen-bond donors (Lipinski definition) is 0. The number of pyridine rings is 1. The lowest BCUT2D eigenvalue weighted by Gasteiger charge is -2.27. The highest BCUT2D eigenvalue weighted by atomic mass is 15.3. The first-order valence-corrected chi connectivity index (χ1v) is 6.14. The van der Waals surface area contributed by atoms with E-state index in [9.17, 15) is 0 Å². The second-order valence-corrected chi connectivity index (χ2v) is 5.53. The molecule has 0 atom stereocenters. The van der Waals surface area contributed by atoms with Crippen molar-refractivity contribution in [2.75, 3.05) is 34.7 Å². The van der Waals surface area contributed by atoms with E-state index in [2.05, 4.69) is 24.9 Å². The minimum Gasteiger partial charge on any atom is -0.349 e. The Bertz CT molecular complexity index is 384. The molecule has 1 rings (SSSR count). The van der Waals surface area contributed by atoms with E-state index < -0.39 is 0 Å². The van der Waals surface area contributed by atoms with Crippen LogP contribution in [0.4, 0.5) is 0 Å². The van der Waals surface area contributed by atoms with Crippen LogP contribution < -0.4 is 0 Å². The molecule has 0 unspecified atom stereocenters. The highest BCUT2D eigenvalue weighted by Gasteiger charge is 2.21. The topological polar surface area (TPSA) is 31.7 Å². The molecule has 0 N–H and O–H groups in total. The van der Waals surface area contributed by atoms with Gasteiger partial charge in [-0.2, -0.15) is 0 Å². The van der Waals surface area contributed by atoms with Crippen LogP contribution in [0.3, 0.4) is 0 Å². The maximum absolute atomic E-state index is 4.71. The standard InChI is InChI=1S/C14H24N4/c1-14(2,12-8-7-9-15-10-12)11-16-13(17(3)4)18(5)6/h7-10H,11H2,1-6H3. The number of aromatic nitrogens is 1. The van der Waals surface area contributed by atoms with Crippen molar-refractivity contribution in [3.05, 3.63) is 30.1 Å². The molecule has 0 fully saturated rings. The van der Waals surface area contributed by atoms with Gasteiger partial charge < -0.3 is 9.80 Å². The van der Waals surface area contributed by atoms with Gasteiger partial charge in [0.05, 0.1) is 6.54 Å². The Morgan fingerprint density at radius 2 is 1.83 bits per heavy atom. The van der Waals surface area contributed by atoms with Crippen LogP contribution in [0.15, 0.2) is 29.5 Å². The lowest BCUT2D eigenvalue weighted by atomic mass is 9.86. The first-order chi connectivity index (χ1) is 8.34. The third-order valence-electron chi connectivity index (χ3n) is 2.86. The van der Waals surface area contributed by atoms with Crippen molar-refractivity contribution in [2.45, 2.75) is 19.3 Å². The zero-order valence-electron chi connectivity index (χ0n) is 12.3. The summed E-state index contributed by atoms with van der Waals surface area (Å²) in [5.74, 6) is 0.979. The largest absolute Gasteiger partial charge is 0.349 e. The Morgan fingerprint density at radius 3 is 2.28 bits per heavy atom. The van der Waals surface area contributed by atoms with Crippen LogP contribution >= 0.6 is 0 Å². The minimum atomic E-state index is -0.00840. The van der Waals surface area contributed by atoms with Crippen molar-refractivity contribution in [2.24, 2.45) is 4.99 Å². The molecule has 4 heteroatoms. The van der Waals surface area contributed by atoms with Crippen LogP contribution in [0.1, 0.15) is 19.4 Å². The molecule has 0 aliphatic carbocycles. The molecule has 1 aromatic heterocycles. The van der Waals surface area contributed by atoms with Gasteiger partial charge in [-0.05, 0) is 11.6 Å². The Kier molecular flexibility index (Phi) is 4.70. The summed E-state index contributed by atoms with van der Waals surface area (Å²) < 4.78 is 0. The zero-order valence-corrected chi connectivity index (χ0v) is 12.3. The van der Waals surface area contributed by atoms with E-state index in [-0.39, 0.29) is 5.41 Å². The van der Waals surface area contributed by atoms with Crippen molar-refractivity contribution in [3.63, 3.8) is 0 Å². The predicted molar refractivity (Wildman–Crippen MR) is 76.9 cm³/mol. The monoisotopic (exact) mass is 248 g/mol. The van der Waals surface area contributed by atoms with Crippen molar-refractivity contribution < 1.29 is 0 Å². The van der Waals surface area contributed by atoms with Gasteiger partial charge in [0.15, 0.2) is 5.96 Å². The molecule has 0 aliphatic heterocycles. The fourth-order valence-corrected chi connectivity index (χ4v) is 1.81. The van der Waals surface area contributed by atoms with Crippen molar-refractivity contribution in [1.29, 1.82) is 0 Å². The van der Waals surface area contributed by atoms with Gasteiger partial charge in [0.2, 0.25) is 0 Å². The van der Waals surface area contributed by atoms with Gasteiger partial charge in [-0.3, -0.25) is 9.98 Å². The van der Waals surface area contributed by atoms with Crippen LogP contribution in [-0.2, 0) is 5.41 Å². The molecule has 4 nitrogen and oxygen atoms in total. The second-order valence-electron chi connectivity index (χ2n) is 5.53. The molecule has 0 aromatic carbocycles. The van der Waals surface area contributed by atoms with Crippen LogP contribution in [0.2, 0.25) is 0 Å². The van der Waals surface area contributed by atoms with E-state index >= 15 is 0 Å². The van der Waals surface area contributed by atoms with Gasteiger partial charge in [0.25, 0.3) is 0 Å². The van der Waals surface area contributed by atoms with Gasteiger partial charge in [0.1, 0.15) is 0 Å². The minimum absolute atomic E-state index is 0.00840. The summed E-state index contributed by atoms with van der Waals surface area (Å²) >= 11 is 0. The Labute approximate surface area is 110 Å². The van der Waals surface area contributed by atoms with E-state index in [1.807, 2.05) is 50.3 Å². The molecule has 1 heterocycles. The highest BCUT2D eigenvalue weighted by Crippen LogP contribution is 2.22. The molecular weight excluding hydrogens is 224 g/mol. The third-order valence-corrected chi connectivity index (χ3v) is 2.86. The van der Waals surface area contributed by atoms with E-state index in [0.29, 0.717) is 0 Å². The molecule has 18 heavy (non-hydrogen) atoms. The highest BCUT2D eigenvalue weighted by molar-refractivity contribution is 5.79. The summed E-state index contributed by atoms with van der Waals surface area (Å²) in [7, 11) is 8.04. The zero-order chi connectivity index (χ0) is 13.8. The van der Waals surface area contributed by atoms with Crippen molar-refractivity contribution in [1.82, 2.24) is 14.8 Å². The molecule has 0 bridgehead atoms. The van der Waals surface area contributed by atoms with Crippen LogP contribution in [-0.4, -0.2) is 55.5 Å². The SMILES string of the molecule is CN(C)C(=NCC(C)(C)c1cccnc1)N(C)C. The van der Waals surface area contributed by atoms with Crippen molar-refractivity contribution in [3.8, 4) is 0 Å². The van der Waals surface area contributed by atoms with Crippen LogP contribution in [0, 0.1) is 0 Å². The Balaban J connectivity index is 2.86. The lowest BCUT2D eigenvalue weighted by Crippen LogP contribution is -2.36. The van der Waals surface area contributed by atoms with E-state index in [1.54, 1.807) is 6.20 Å². The molecule has 1 aromatic rings. The summed E-state index contributed by atoms with van der Waals surface area (Å²) in [6.07, 6.45) is 3.72. The fourth-order valence-electron chi connectivity index (χ4n) is 1.81. The molecule has 0 aliphatic rings. The first kappa shape index (κ1) is 14.5. The molecule has 0 spiro atoms. The maximum Gasteiger partial charge on any atom is 0.195 e. The van der Waals surface area contributed by atoms with Gasteiger partial charge in [0, 0.05) is 46.0 Å². The fraction of sp³-hybridized carbons (Fsp3) is 0.571. The Hall–Kier alpha value is -1.58. The molecule has 0 saturated heterocycles. The van der Waals surface area contributed by atoms with Gasteiger partial charge in [-0.25, -0.2) is 0 Å². The van der Waals surface area contributed by atoms with E-state index in [1.165, 1.54) is 5.56 Å². The molecule has 0 radical (unpaired) electrons. The lowest BCUT2D eigenvalue weighted by molar-refractivity contribution is 0.464. The normalized spacial score (nSPS) is 11.0. The van der Waals surface area contributed by atoms with Crippen LogP contribution in [0.25, 0.3) is 0 Å². The maximum atomic E-state index is 4.71. The molecule has 0 saturated carbocycles. The third kappa shape index (κ3) is 3.72. The van der Waals surface area contributed by atoms with E-state index in [4.69, 9.17) is 4.99 Å². The van der Waals surface area contributed by atoms with E-state index in [0.717, 1.165) is 12.5 Å². The number of guanidine groups is 1. The second kappa shape index (κ2) is 5.85. The molecule has 100 valence electrons. The first-order valence-electron chi connectivity index (χ1n) is 6.14. The summed E-state index contributed by atoms with van der Waals surface area (Å²) in [5.41, 5.74) is 1.21. The van der Waals surface area contributed by atoms with Gasteiger partial charge in [-0.15, -0.1) is 0 Å². The van der Waals surface area contributed by atoms with Crippen LogP contribution in [0.5, 0.6) is 0 Å². The number of rotatable bonds is 3.